The van der Waals surface area contributed by atoms with Gasteiger partial charge in [-0.15, -0.1) is 0 Å². The molecule has 0 aliphatic rings. The van der Waals surface area contributed by atoms with Gasteiger partial charge in [0, 0.05) is 6.54 Å². The van der Waals surface area contributed by atoms with Gasteiger partial charge in [0.05, 0.1) is 13.0 Å². The first-order chi connectivity index (χ1) is 7.80. The molecule has 0 aromatic rings. The summed E-state index contributed by atoms with van der Waals surface area (Å²) in [5.41, 5.74) is 4.47. The summed E-state index contributed by atoms with van der Waals surface area (Å²) in [5.74, 6) is -0.582. The van der Waals surface area contributed by atoms with Crippen LogP contribution in [0.4, 0.5) is 4.79 Å². The van der Waals surface area contributed by atoms with E-state index >= 15 is 0 Å². The lowest BCUT2D eigenvalue weighted by molar-refractivity contribution is -0.145. The molecule has 0 unspecified atom stereocenters. The second-order valence-corrected chi connectivity index (χ2v) is 4.64. The monoisotopic (exact) mass is 246 g/mol. The molecule has 0 aromatic carbocycles. The highest BCUT2D eigenvalue weighted by atomic mass is 16.6. The summed E-state index contributed by atoms with van der Waals surface area (Å²) in [6.07, 6.45) is 0.0626. The number of ether oxygens (including phenoxy) is 2. The molecule has 1 amide bonds. The quantitative estimate of drug-likeness (QED) is 0.563. The first-order valence-corrected chi connectivity index (χ1v) is 5.59. The lowest BCUT2D eigenvalue weighted by Gasteiger charge is -2.20. The van der Waals surface area contributed by atoms with Crippen LogP contribution in [0.5, 0.6) is 0 Å². The number of carbonyl (C=O) groups is 2. The molecule has 0 bridgehead atoms. The van der Waals surface area contributed by atoms with Crippen LogP contribution in [0, 0.1) is 5.92 Å². The molecule has 0 heterocycles. The molecule has 2 N–H and O–H groups in total. The van der Waals surface area contributed by atoms with Gasteiger partial charge in [-0.1, -0.05) is 6.92 Å². The molecule has 1 atom stereocenters. The van der Waals surface area contributed by atoms with Gasteiger partial charge in [0.15, 0.2) is 0 Å². The summed E-state index contributed by atoms with van der Waals surface area (Å²) in [6.45, 7) is 7.50. The fourth-order valence-electron chi connectivity index (χ4n) is 1.11. The summed E-state index contributed by atoms with van der Waals surface area (Å²) in [5, 5.41) is 0. The minimum Gasteiger partial charge on any atom is -0.469 e. The van der Waals surface area contributed by atoms with Crippen molar-refractivity contribution in [3.05, 3.63) is 0 Å². The first-order valence-electron chi connectivity index (χ1n) is 5.59. The maximum absolute atomic E-state index is 11.3. The van der Waals surface area contributed by atoms with E-state index in [1.165, 1.54) is 7.11 Å². The highest BCUT2D eigenvalue weighted by Gasteiger charge is 2.18. The molecule has 6 nitrogen and oxygen atoms in total. The van der Waals surface area contributed by atoms with E-state index in [4.69, 9.17) is 4.74 Å². The highest BCUT2D eigenvalue weighted by Crippen LogP contribution is 2.06. The summed E-state index contributed by atoms with van der Waals surface area (Å²) in [4.78, 5) is 22.5. The topological polar surface area (TPSA) is 76.7 Å². The van der Waals surface area contributed by atoms with E-state index in [1.54, 1.807) is 20.8 Å². The molecule has 100 valence electrons. The van der Waals surface area contributed by atoms with Crippen molar-refractivity contribution in [2.75, 3.05) is 13.7 Å². The fourth-order valence-corrected chi connectivity index (χ4v) is 1.11. The van der Waals surface area contributed by atoms with Crippen LogP contribution in [-0.4, -0.2) is 31.3 Å². The van der Waals surface area contributed by atoms with Gasteiger partial charge in [0.25, 0.3) is 0 Å². The molecule has 0 radical (unpaired) electrons. The Kier molecular flexibility index (Phi) is 6.57. The Morgan fingerprint density at radius 2 is 1.88 bits per heavy atom. The molecule has 0 rings (SSSR count). The predicted octanol–water partition coefficient (Wildman–Crippen LogP) is 1.21. The van der Waals surface area contributed by atoms with Crippen LogP contribution in [0.2, 0.25) is 0 Å². The molecular weight excluding hydrogens is 224 g/mol. The van der Waals surface area contributed by atoms with E-state index in [1.807, 2.05) is 6.92 Å². The Labute approximate surface area is 102 Å². The van der Waals surface area contributed by atoms with Crippen molar-refractivity contribution in [3.63, 3.8) is 0 Å². The maximum Gasteiger partial charge on any atom is 0.422 e. The van der Waals surface area contributed by atoms with Crippen molar-refractivity contribution in [1.29, 1.82) is 0 Å². The highest BCUT2D eigenvalue weighted by molar-refractivity contribution is 5.72. The standard InChI is InChI=1S/C11H22N2O4/c1-6-8(9(14)16-5)7-12-13-10(15)17-11(2,3)4/h8,12H,6-7H2,1-5H3,(H,13,15)/t8-/m1/s1. The van der Waals surface area contributed by atoms with Crippen LogP contribution in [0.25, 0.3) is 0 Å². The number of carbonyl (C=O) groups excluding carboxylic acids is 2. The second kappa shape index (κ2) is 7.11. The minimum absolute atomic E-state index is 0.282. The molecular formula is C11H22N2O4. The zero-order chi connectivity index (χ0) is 13.5. The zero-order valence-corrected chi connectivity index (χ0v) is 11.1. The zero-order valence-electron chi connectivity index (χ0n) is 11.1. The van der Waals surface area contributed by atoms with Gasteiger partial charge < -0.3 is 9.47 Å². The van der Waals surface area contributed by atoms with Gasteiger partial charge in [-0.25, -0.2) is 10.2 Å². The predicted molar refractivity (Wildman–Crippen MR) is 63.2 cm³/mol. The summed E-state index contributed by atoms with van der Waals surface area (Å²) < 4.78 is 9.63. The van der Waals surface area contributed by atoms with E-state index in [-0.39, 0.29) is 11.9 Å². The molecule has 6 heteroatoms. The van der Waals surface area contributed by atoms with Crippen LogP contribution < -0.4 is 10.9 Å². The molecule has 0 aliphatic carbocycles. The van der Waals surface area contributed by atoms with E-state index in [2.05, 4.69) is 15.6 Å². The van der Waals surface area contributed by atoms with Crippen LogP contribution in [-0.2, 0) is 14.3 Å². The number of amides is 1. The van der Waals surface area contributed by atoms with Crippen LogP contribution in [0.1, 0.15) is 34.1 Å². The van der Waals surface area contributed by atoms with Crippen molar-refractivity contribution < 1.29 is 19.1 Å². The lowest BCUT2D eigenvalue weighted by Crippen LogP contribution is -2.44. The minimum atomic E-state index is -0.572. The van der Waals surface area contributed by atoms with Crippen LogP contribution in [0.15, 0.2) is 0 Å². The first kappa shape index (κ1) is 15.7. The number of methoxy groups -OCH3 is 1. The smallest absolute Gasteiger partial charge is 0.422 e. The van der Waals surface area contributed by atoms with E-state index in [0.717, 1.165) is 0 Å². The Morgan fingerprint density at radius 3 is 2.29 bits per heavy atom. The summed E-state index contributed by atoms with van der Waals surface area (Å²) in [7, 11) is 1.34. The van der Waals surface area contributed by atoms with Crippen LogP contribution in [0.3, 0.4) is 0 Å². The number of hydrogen-bond donors (Lipinski definition) is 2. The van der Waals surface area contributed by atoms with Crippen molar-refractivity contribution >= 4 is 12.1 Å². The lowest BCUT2D eigenvalue weighted by atomic mass is 10.1. The number of nitrogens with one attached hydrogen (secondary N) is 2. The third-order valence-corrected chi connectivity index (χ3v) is 1.97. The molecule has 0 spiro atoms. The van der Waals surface area contributed by atoms with Crippen molar-refractivity contribution in [3.8, 4) is 0 Å². The van der Waals surface area contributed by atoms with Crippen molar-refractivity contribution in [2.24, 2.45) is 5.92 Å². The molecule has 17 heavy (non-hydrogen) atoms. The van der Waals surface area contributed by atoms with E-state index in [0.29, 0.717) is 13.0 Å². The Morgan fingerprint density at radius 1 is 1.29 bits per heavy atom. The third-order valence-electron chi connectivity index (χ3n) is 1.97. The van der Waals surface area contributed by atoms with Crippen LogP contribution >= 0.6 is 0 Å². The summed E-state index contributed by atoms with van der Waals surface area (Å²) >= 11 is 0. The molecule has 0 aromatic heterocycles. The van der Waals surface area contributed by atoms with Gasteiger partial charge in [0.1, 0.15) is 5.60 Å². The SMILES string of the molecule is CC[C@H](CNNC(=O)OC(C)(C)C)C(=O)OC. The van der Waals surface area contributed by atoms with Gasteiger partial charge in [0.2, 0.25) is 0 Å². The van der Waals surface area contributed by atoms with Crippen molar-refractivity contribution in [2.45, 2.75) is 39.7 Å². The van der Waals surface area contributed by atoms with E-state index in [9.17, 15) is 9.59 Å². The number of hydrazine groups is 1. The third kappa shape index (κ3) is 7.57. The molecule has 0 aliphatic heterocycles. The average Bonchev–Trinajstić information content (AvgIpc) is 2.21. The number of esters is 1. The van der Waals surface area contributed by atoms with Crippen molar-refractivity contribution in [1.82, 2.24) is 10.9 Å². The van der Waals surface area contributed by atoms with Gasteiger partial charge in [-0.2, -0.15) is 0 Å². The van der Waals surface area contributed by atoms with Gasteiger partial charge in [-0.3, -0.25) is 10.2 Å². The summed E-state index contributed by atoms with van der Waals surface area (Å²) in [6, 6.07) is 0. The van der Waals surface area contributed by atoms with Gasteiger partial charge in [-0.05, 0) is 27.2 Å². The molecule has 0 fully saturated rings. The van der Waals surface area contributed by atoms with Gasteiger partial charge >= 0.3 is 12.1 Å². The maximum atomic E-state index is 11.3. The molecule has 0 saturated heterocycles. The number of hydrogen-bond acceptors (Lipinski definition) is 5. The largest absolute Gasteiger partial charge is 0.469 e. The Hall–Kier alpha value is -1.30. The second-order valence-electron chi connectivity index (χ2n) is 4.64. The normalized spacial score (nSPS) is 12.8. The molecule has 0 saturated carbocycles. The Balaban J connectivity index is 3.90. The Bertz CT molecular complexity index is 261. The number of rotatable bonds is 5. The van der Waals surface area contributed by atoms with E-state index < -0.39 is 11.7 Å². The average molecular weight is 246 g/mol. The fraction of sp³-hybridized carbons (Fsp3) is 0.818.